The molecule has 0 saturated heterocycles. The molecule has 21 heavy (non-hydrogen) atoms. The first kappa shape index (κ1) is 14.8. The van der Waals surface area contributed by atoms with Gasteiger partial charge in [-0.25, -0.2) is 4.79 Å². The van der Waals surface area contributed by atoms with Crippen molar-refractivity contribution in [1.29, 1.82) is 0 Å². The van der Waals surface area contributed by atoms with Crippen molar-refractivity contribution in [2.75, 3.05) is 7.11 Å². The molecule has 108 valence electrons. The van der Waals surface area contributed by atoms with Gasteiger partial charge < -0.3 is 9.84 Å². The van der Waals surface area contributed by atoms with Crippen molar-refractivity contribution in [1.82, 2.24) is 0 Å². The van der Waals surface area contributed by atoms with E-state index >= 15 is 0 Å². The first-order valence-electron chi connectivity index (χ1n) is 6.60. The monoisotopic (exact) mass is 284 g/mol. The molecule has 4 nitrogen and oxygen atoms in total. The highest BCUT2D eigenvalue weighted by molar-refractivity contribution is 5.94. The van der Waals surface area contributed by atoms with Gasteiger partial charge in [0.15, 0.2) is 0 Å². The molecule has 0 radical (unpaired) electrons. The second-order valence-electron chi connectivity index (χ2n) is 4.64. The van der Waals surface area contributed by atoms with Crippen LogP contribution in [0.3, 0.4) is 0 Å². The Morgan fingerprint density at radius 2 is 1.86 bits per heavy atom. The number of carboxylic acids is 1. The number of ether oxygens (including phenoxy) is 1. The van der Waals surface area contributed by atoms with Crippen LogP contribution in [0, 0.1) is 0 Å². The van der Waals surface area contributed by atoms with Crippen LogP contribution in [0.25, 0.3) is 16.8 Å². The Bertz CT molecular complexity index is 701. The zero-order chi connectivity index (χ0) is 15.2. The van der Waals surface area contributed by atoms with Crippen molar-refractivity contribution in [3.05, 3.63) is 53.6 Å². The summed E-state index contributed by atoms with van der Waals surface area (Å²) in [5.74, 6) is -1.15. The topological polar surface area (TPSA) is 63.6 Å². The highest BCUT2D eigenvalue weighted by Crippen LogP contribution is 2.19. The van der Waals surface area contributed by atoms with Crippen molar-refractivity contribution in [3.63, 3.8) is 0 Å². The van der Waals surface area contributed by atoms with Crippen LogP contribution in [0.1, 0.15) is 28.8 Å². The number of fused-ring (bicyclic) bond motifs is 1. The fourth-order valence-electron chi connectivity index (χ4n) is 2.02. The van der Waals surface area contributed by atoms with E-state index < -0.39 is 5.97 Å². The highest BCUT2D eigenvalue weighted by Gasteiger charge is 2.03. The first-order valence-corrected chi connectivity index (χ1v) is 6.60. The predicted octanol–water partition coefficient (Wildman–Crippen LogP) is 3.50. The zero-order valence-corrected chi connectivity index (χ0v) is 11.7. The van der Waals surface area contributed by atoms with E-state index in [9.17, 15) is 9.59 Å². The SMILES string of the molecule is COC(=O)CC/C=C/c1ccc2cc(C(=O)O)ccc2c1. The summed E-state index contributed by atoms with van der Waals surface area (Å²) in [5, 5.41) is 10.8. The minimum atomic E-state index is -0.927. The lowest BCUT2D eigenvalue weighted by atomic mass is 10.0. The largest absolute Gasteiger partial charge is 0.478 e. The van der Waals surface area contributed by atoms with Crippen LogP contribution in [0.5, 0.6) is 0 Å². The van der Waals surface area contributed by atoms with Gasteiger partial charge in [-0.15, -0.1) is 0 Å². The summed E-state index contributed by atoms with van der Waals surface area (Å²) in [6.45, 7) is 0. The van der Waals surface area contributed by atoms with E-state index in [0.29, 0.717) is 12.8 Å². The zero-order valence-electron chi connectivity index (χ0n) is 11.7. The number of carbonyl (C=O) groups excluding carboxylic acids is 1. The lowest BCUT2D eigenvalue weighted by Crippen LogP contribution is -1.97. The number of methoxy groups -OCH3 is 1. The maximum atomic E-state index is 11.0. The van der Waals surface area contributed by atoms with Crippen LogP contribution in [0.4, 0.5) is 0 Å². The first-order chi connectivity index (χ1) is 10.1. The Balaban J connectivity index is 2.12. The van der Waals surface area contributed by atoms with E-state index in [1.807, 2.05) is 30.4 Å². The maximum absolute atomic E-state index is 11.0. The summed E-state index contributed by atoms with van der Waals surface area (Å²) in [5.41, 5.74) is 1.29. The van der Waals surface area contributed by atoms with Gasteiger partial charge in [0, 0.05) is 6.42 Å². The second-order valence-corrected chi connectivity index (χ2v) is 4.64. The number of carbonyl (C=O) groups is 2. The predicted molar refractivity (Wildman–Crippen MR) is 81.2 cm³/mol. The molecular formula is C17H16O4. The van der Waals surface area contributed by atoms with Crippen molar-refractivity contribution >= 4 is 28.8 Å². The van der Waals surface area contributed by atoms with Gasteiger partial charge in [-0.2, -0.15) is 0 Å². The summed E-state index contributed by atoms with van der Waals surface area (Å²) in [4.78, 5) is 21.9. The standard InChI is InChI=1S/C17H16O4/c1-21-16(18)5-3-2-4-12-6-7-14-11-15(17(19)20)9-8-13(14)10-12/h2,4,6-11H,3,5H2,1H3,(H,19,20)/b4-2+. The quantitative estimate of drug-likeness (QED) is 0.853. The molecule has 0 heterocycles. The van der Waals surface area contributed by atoms with E-state index in [0.717, 1.165) is 16.3 Å². The third-order valence-corrected chi connectivity index (χ3v) is 3.16. The van der Waals surface area contributed by atoms with Gasteiger partial charge in [-0.05, 0) is 41.0 Å². The Kier molecular flexibility index (Phi) is 4.72. The van der Waals surface area contributed by atoms with Gasteiger partial charge >= 0.3 is 11.9 Å². The fourth-order valence-corrected chi connectivity index (χ4v) is 2.02. The Hall–Kier alpha value is -2.62. The molecule has 0 fully saturated rings. The minimum absolute atomic E-state index is 0.223. The normalized spacial score (nSPS) is 10.9. The highest BCUT2D eigenvalue weighted by atomic mass is 16.5. The molecule has 0 bridgehead atoms. The van der Waals surface area contributed by atoms with Crippen LogP contribution in [-0.2, 0) is 9.53 Å². The number of benzene rings is 2. The van der Waals surface area contributed by atoms with E-state index in [1.54, 1.807) is 18.2 Å². The van der Waals surface area contributed by atoms with Gasteiger partial charge in [-0.3, -0.25) is 4.79 Å². The molecule has 2 rings (SSSR count). The Morgan fingerprint density at radius 1 is 1.14 bits per heavy atom. The lowest BCUT2D eigenvalue weighted by Gasteiger charge is -2.02. The van der Waals surface area contributed by atoms with Crippen LogP contribution in [0.15, 0.2) is 42.5 Å². The number of aromatic carboxylic acids is 1. The van der Waals surface area contributed by atoms with Crippen molar-refractivity contribution in [2.45, 2.75) is 12.8 Å². The Labute approximate surface area is 122 Å². The van der Waals surface area contributed by atoms with Crippen LogP contribution >= 0.6 is 0 Å². The maximum Gasteiger partial charge on any atom is 0.335 e. The summed E-state index contributed by atoms with van der Waals surface area (Å²) >= 11 is 0. The second kappa shape index (κ2) is 6.70. The molecule has 0 atom stereocenters. The smallest absolute Gasteiger partial charge is 0.335 e. The number of esters is 1. The number of hydrogen-bond donors (Lipinski definition) is 1. The molecule has 0 saturated carbocycles. The molecule has 0 aliphatic carbocycles. The van der Waals surface area contributed by atoms with E-state index in [4.69, 9.17) is 5.11 Å². The van der Waals surface area contributed by atoms with E-state index in [1.165, 1.54) is 7.11 Å². The molecule has 0 spiro atoms. The van der Waals surface area contributed by atoms with Crippen molar-refractivity contribution in [2.24, 2.45) is 0 Å². The summed E-state index contributed by atoms with van der Waals surface area (Å²) in [6.07, 6.45) is 4.85. The molecule has 1 N–H and O–H groups in total. The number of allylic oxidation sites excluding steroid dienone is 1. The molecule has 0 unspecified atom stereocenters. The van der Waals surface area contributed by atoms with Gasteiger partial charge in [0.1, 0.15) is 0 Å². The number of carboxylic acid groups (broad SMARTS) is 1. The van der Waals surface area contributed by atoms with Gasteiger partial charge in [-0.1, -0.05) is 30.4 Å². The van der Waals surface area contributed by atoms with E-state index in [-0.39, 0.29) is 11.5 Å². The Morgan fingerprint density at radius 3 is 2.57 bits per heavy atom. The molecule has 2 aromatic carbocycles. The molecule has 0 aliphatic rings. The van der Waals surface area contributed by atoms with E-state index in [2.05, 4.69) is 4.74 Å². The van der Waals surface area contributed by atoms with Gasteiger partial charge in [0.2, 0.25) is 0 Å². The molecule has 4 heteroatoms. The molecule has 0 amide bonds. The number of rotatable bonds is 5. The average Bonchev–Trinajstić information content (AvgIpc) is 2.50. The average molecular weight is 284 g/mol. The van der Waals surface area contributed by atoms with Crippen LogP contribution < -0.4 is 0 Å². The fraction of sp³-hybridized carbons (Fsp3) is 0.176. The molecule has 0 aliphatic heterocycles. The molecule has 0 aromatic heterocycles. The van der Waals surface area contributed by atoms with Gasteiger partial charge in [0.05, 0.1) is 12.7 Å². The summed E-state index contributed by atoms with van der Waals surface area (Å²) < 4.78 is 4.57. The minimum Gasteiger partial charge on any atom is -0.478 e. The van der Waals surface area contributed by atoms with Crippen molar-refractivity contribution < 1.29 is 19.4 Å². The van der Waals surface area contributed by atoms with Crippen LogP contribution in [0.2, 0.25) is 0 Å². The third-order valence-electron chi connectivity index (χ3n) is 3.16. The number of hydrogen-bond acceptors (Lipinski definition) is 3. The summed E-state index contributed by atoms with van der Waals surface area (Å²) in [7, 11) is 1.38. The third kappa shape index (κ3) is 3.92. The lowest BCUT2D eigenvalue weighted by molar-refractivity contribution is -0.140. The van der Waals surface area contributed by atoms with Gasteiger partial charge in [0.25, 0.3) is 0 Å². The molecule has 2 aromatic rings. The summed E-state index contributed by atoms with van der Waals surface area (Å²) in [6, 6.07) is 10.8. The van der Waals surface area contributed by atoms with Crippen molar-refractivity contribution in [3.8, 4) is 0 Å². The molecular weight excluding hydrogens is 268 g/mol. The van der Waals surface area contributed by atoms with Crippen LogP contribution in [-0.4, -0.2) is 24.2 Å².